The molecule has 0 bridgehead atoms. The van der Waals surface area contributed by atoms with E-state index in [4.69, 9.17) is 28.2 Å². The minimum atomic E-state index is 0.364. The maximum Gasteiger partial charge on any atom is 0.0744 e. The predicted molar refractivity (Wildman–Crippen MR) is 135 cm³/mol. The van der Waals surface area contributed by atoms with Gasteiger partial charge in [0, 0.05) is 33.7 Å². The van der Waals surface area contributed by atoms with Crippen LogP contribution in [0.25, 0.3) is 23.1 Å². The van der Waals surface area contributed by atoms with Gasteiger partial charge in [-0.25, -0.2) is 4.98 Å². The van der Waals surface area contributed by atoms with Crippen LogP contribution in [-0.4, -0.2) is 35.6 Å². The number of anilines is 1. The highest BCUT2D eigenvalue weighted by molar-refractivity contribution is 6.32. The molecule has 0 aliphatic carbocycles. The SMILES string of the molecule is CC(CCN1CCCCC1)Nc1cc(C=Cc2ccccc2Cl)nc2cc(Cl)ccc12. The van der Waals surface area contributed by atoms with Crippen molar-refractivity contribution in [3.63, 3.8) is 0 Å². The fraction of sp³-hybridized carbons (Fsp3) is 0.346. The summed E-state index contributed by atoms with van der Waals surface area (Å²) >= 11 is 12.6. The van der Waals surface area contributed by atoms with Gasteiger partial charge in [0.2, 0.25) is 0 Å². The van der Waals surface area contributed by atoms with Crippen LogP contribution in [0.5, 0.6) is 0 Å². The Morgan fingerprint density at radius 3 is 2.65 bits per heavy atom. The van der Waals surface area contributed by atoms with Crippen molar-refractivity contribution < 1.29 is 0 Å². The van der Waals surface area contributed by atoms with E-state index in [2.05, 4.69) is 23.2 Å². The lowest BCUT2D eigenvalue weighted by atomic mass is 10.1. The van der Waals surface area contributed by atoms with Crippen LogP contribution in [0.3, 0.4) is 0 Å². The van der Waals surface area contributed by atoms with Crippen LogP contribution in [-0.2, 0) is 0 Å². The normalized spacial score (nSPS) is 16.1. The summed E-state index contributed by atoms with van der Waals surface area (Å²) in [7, 11) is 0. The van der Waals surface area contributed by atoms with Crippen molar-refractivity contribution in [3.05, 3.63) is 69.8 Å². The summed E-state index contributed by atoms with van der Waals surface area (Å²) in [5.41, 5.74) is 3.83. The van der Waals surface area contributed by atoms with Gasteiger partial charge in [0.25, 0.3) is 0 Å². The summed E-state index contributed by atoms with van der Waals surface area (Å²) in [6, 6.07) is 16.2. The smallest absolute Gasteiger partial charge is 0.0744 e. The minimum absolute atomic E-state index is 0.364. The number of aromatic nitrogens is 1. The molecule has 31 heavy (non-hydrogen) atoms. The van der Waals surface area contributed by atoms with Crippen LogP contribution in [0.4, 0.5) is 5.69 Å². The van der Waals surface area contributed by atoms with Crippen LogP contribution in [0.1, 0.15) is 43.9 Å². The topological polar surface area (TPSA) is 28.2 Å². The Kier molecular flexibility index (Phi) is 7.49. The zero-order valence-corrected chi connectivity index (χ0v) is 19.5. The average Bonchev–Trinajstić information content (AvgIpc) is 2.77. The Balaban J connectivity index is 1.55. The maximum absolute atomic E-state index is 6.30. The van der Waals surface area contributed by atoms with Gasteiger partial charge in [-0.3, -0.25) is 0 Å². The Hall–Kier alpha value is -2.07. The summed E-state index contributed by atoms with van der Waals surface area (Å²) in [6.45, 7) is 5.87. The minimum Gasteiger partial charge on any atom is -0.382 e. The molecule has 5 heteroatoms. The second-order valence-corrected chi connectivity index (χ2v) is 9.19. The second-order valence-electron chi connectivity index (χ2n) is 8.35. The van der Waals surface area contributed by atoms with Crippen LogP contribution in [0.2, 0.25) is 10.0 Å². The zero-order chi connectivity index (χ0) is 21.6. The largest absolute Gasteiger partial charge is 0.382 e. The standard InChI is InChI=1S/C26H29Cl2N3/c1-19(13-16-31-14-5-2-6-15-31)29-26-18-22(11-9-20-7-3-4-8-24(20)28)30-25-17-21(27)10-12-23(25)26/h3-4,7-12,17-19H,2,5-6,13-16H2,1H3,(H,29,30). The van der Waals surface area contributed by atoms with E-state index in [1.54, 1.807) is 0 Å². The van der Waals surface area contributed by atoms with Gasteiger partial charge in [-0.15, -0.1) is 0 Å². The van der Waals surface area contributed by atoms with E-state index < -0.39 is 0 Å². The van der Waals surface area contributed by atoms with E-state index in [-0.39, 0.29) is 0 Å². The fourth-order valence-corrected chi connectivity index (χ4v) is 4.47. The van der Waals surface area contributed by atoms with Crippen LogP contribution < -0.4 is 5.32 Å². The molecule has 1 aliphatic rings. The number of pyridine rings is 1. The molecule has 0 radical (unpaired) electrons. The van der Waals surface area contributed by atoms with Gasteiger partial charge >= 0.3 is 0 Å². The van der Waals surface area contributed by atoms with Crippen LogP contribution in [0.15, 0.2) is 48.5 Å². The molecule has 0 saturated carbocycles. The Morgan fingerprint density at radius 1 is 1.03 bits per heavy atom. The molecule has 1 saturated heterocycles. The molecule has 1 aromatic heterocycles. The highest BCUT2D eigenvalue weighted by atomic mass is 35.5. The molecule has 2 heterocycles. The summed E-state index contributed by atoms with van der Waals surface area (Å²) in [6.07, 6.45) is 9.16. The number of nitrogens with one attached hydrogen (secondary N) is 1. The van der Waals surface area contributed by atoms with Gasteiger partial charge in [-0.2, -0.15) is 0 Å². The molecule has 1 aliphatic heterocycles. The zero-order valence-electron chi connectivity index (χ0n) is 18.0. The number of hydrogen-bond donors (Lipinski definition) is 1. The molecular formula is C26H29Cl2N3. The molecule has 0 spiro atoms. The van der Waals surface area contributed by atoms with Crippen LogP contribution >= 0.6 is 23.2 Å². The Labute approximate surface area is 195 Å². The van der Waals surface area contributed by atoms with E-state index in [0.29, 0.717) is 11.1 Å². The number of likely N-dealkylation sites (tertiary alicyclic amines) is 1. The summed E-state index contributed by atoms with van der Waals surface area (Å²) < 4.78 is 0. The van der Waals surface area contributed by atoms with Gasteiger partial charge in [-0.05, 0) is 81.2 Å². The lowest BCUT2D eigenvalue weighted by molar-refractivity contribution is 0.224. The third-order valence-corrected chi connectivity index (χ3v) is 6.44. The van der Waals surface area contributed by atoms with Gasteiger partial charge in [-0.1, -0.05) is 53.9 Å². The molecule has 0 amide bonds. The monoisotopic (exact) mass is 453 g/mol. The van der Waals surface area contributed by atoms with Gasteiger partial charge < -0.3 is 10.2 Å². The summed E-state index contributed by atoms with van der Waals surface area (Å²) in [5.74, 6) is 0. The molecule has 1 fully saturated rings. The maximum atomic E-state index is 6.30. The number of fused-ring (bicyclic) bond motifs is 1. The van der Waals surface area contributed by atoms with Crippen molar-refractivity contribution in [2.75, 3.05) is 25.0 Å². The van der Waals surface area contributed by atoms with E-state index in [9.17, 15) is 0 Å². The number of nitrogens with zero attached hydrogens (tertiary/aromatic N) is 2. The first-order valence-corrected chi connectivity index (χ1v) is 11.9. The molecule has 2 aromatic carbocycles. The predicted octanol–water partition coefficient (Wildman–Crippen LogP) is 7.39. The molecular weight excluding hydrogens is 425 g/mol. The number of piperidine rings is 1. The third kappa shape index (κ3) is 6.00. The molecule has 162 valence electrons. The summed E-state index contributed by atoms with van der Waals surface area (Å²) in [4.78, 5) is 7.39. The lowest BCUT2D eigenvalue weighted by Gasteiger charge is -2.28. The molecule has 1 unspecified atom stereocenters. The van der Waals surface area contributed by atoms with E-state index >= 15 is 0 Å². The van der Waals surface area contributed by atoms with E-state index in [0.717, 1.165) is 45.8 Å². The molecule has 3 aromatic rings. The Bertz CT molecular complexity index is 1060. The lowest BCUT2D eigenvalue weighted by Crippen LogP contribution is -2.33. The van der Waals surface area contributed by atoms with Gasteiger partial charge in [0.1, 0.15) is 0 Å². The number of rotatable bonds is 7. The molecule has 3 nitrogen and oxygen atoms in total. The number of hydrogen-bond acceptors (Lipinski definition) is 3. The average molecular weight is 454 g/mol. The van der Waals surface area contributed by atoms with Crippen molar-refractivity contribution in [1.29, 1.82) is 0 Å². The Morgan fingerprint density at radius 2 is 1.84 bits per heavy atom. The van der Waals surface area contributed by atoms with Crippen molar-refractivity contribution in [1.82, 2.24) is 9.88 Å². The van der Waals surface area contributed by atoms with Crippen LogP contribution in [0, 0.1) is 0 Å². The van der Waals surface area contributed by atoms with Crippen molar-refractivity contribution >= 4 is 51.9 Å². The number of benzene rings is 2. The highest BCUT2D eigenvalue weighted by Crippen LogP contribution is 2.28. The van der Waals surface area contributed by atoms with Gasteiger partial charge in [0.05, 0.1) is 11.2 Å². The first-order valence-electron chi connectivity index (χ1n) is 11.1. The fourth-order valence-electron chi connectivity index (χ4n) is 4.11. The molecule has 1 N–H and O–H groups in total. The van der Waals surface area contributed by atoms with E-state index in [1.807, 2.05) is 54.6 Å². The highest BCUT2D eigenvalue weighted by Gasteiger charge is 2.13. The number of halogens is 2. The van der Waals surface area contributed by atoms with Crippen molar-refractivity contribution in [3.8, 4) is 0 Å². The van der Waals surface area contributed by atoms with Crippen molar-refractivity contribution in [2.24, 2.45) is 0 Å². The molecule has 4 rings (SSSR count). The van der Waals surface area contributed by atoms with Gasteiger partial charge in [0.15, 0.2) is 0 Å². The quantitative estimate of drug-likeness (QED) is 0.404. The first-order chi connectivity index (χ1) is 15.1. The third-order valence-electron chi connectivity index (χ3n) is 5.86. The van der Waals surface area contributed by atoms with Crippen molar-refractivity contribution in [2.45, 2.75) is 38.6 Å². The molecule has 1 atom stereocenters. The second kappa shape index (κ2) is 10.5. The first kappa shape index (κ1) is 22.1. The van der Waals surface area contributed by atoms with E-state index in [1.165, 1.54) is 32.4 Å². The summed E-state index contributed by atoms with van der Waals surface area (Å²) in [5, 5.41) is 6.23.